The highest BCUT2D eigenvalue weighted by Gasteiger charge is 2.23. The van der Waals surface area contributed by atoms with Crippen LogP contribution in [0.1, 0.15) is 28.8 Å². The Balaban J connectivity index is 1.34. The zero-order valence-corrected chi connectivity index (χ0v) is 14.9. The van der Waals surface area contributed by atoms with E-state index in [0.29, 0.717) is 18.5 Å². The predicted octanol–water partition coefficient (Wildman–Crippen LogP) is 2.20. The van der Waals surface area contributed by atoms with Gasteiger partial charge in [-0.3, -0.25) is 14.5 Å². The fourth-order valence-corrected chi connectivity index (χ4v) is 3.22. The highest BCUT2D eigenvalue weighted by Crippen LogP contribution is 2.13. The normalized spacial score (nSPS) is 17.0. The zero-order valence-electron chi connectivity index (χ0n) is 14.9. The molecular formula is C21H25N3O2. The third-order valence-electron chi connectivity index (χ3n) is 4.56. The molecule has 1 atom stereocenters. The number of carbonyl (C=O) groups excluding carboxylic acids is 2. The molecule has 1 aliphatic rings. The molecule has 0 aliphatic carbocycles. The van der Waals surface area contributed by atoms with Crippen molar-refractivity contribution in [2.75, 3.05) is 19.6 Å². The van der Waals surface area contributed by atoms with E-state index in [1.807, 2.05) is 36.4 Å². The number of rotatable bonds is 7. The highest BCUT2D eigenvalue weighted by atomic mass is 16.2. The number of amides is 2. The largest absolute Gasteiger partial charge is 0.352 e. The van der Waals surface area contributed by atoms with E-state index in [2.05, 4.69) is 27.7 Å². The Labute approximate surface area is 154 Å². The van der Waals surface area contributed by atoms with Crippen molar-refractivity contribution in [3.63, 3.8) is 0 Å². The van der Waals surface area contributed by atoms with E-state index in [1.165, 1.54) is 5.56 Å². The van der Waals surface area contributed by atoms with Gasteiger partial charge < -0.3 is 10.6 Å². The molecule has 1 fully saturated rings. The van der Waals surface area contributed by atoms with Crippen molar-refractivity contribution in [3.8, 4) is 0 Å². The van der Waals surface area contributed by atoms with Gasteiger partial charge in [-0.15, -0.1) is 0 Å². The van der Waals surface area contributed by atoms with Gasteiger partial charge >= 0.3 is 0 Å². The molecule has 1 saturated heterocycles. The van der Waals surface area contributed by atoms with Crippen LogP contribution in [0.3, 0.4) is 0 Å². The van der Waals surface area contributed by atoms with Crippen LogP contribution >= 0.6 is 0 Å². The van der Waals surface area contributed by atoms with Crippen molar-refractivity contribution in [1.82, 2.24) is 15.5 Å². The molecule has 2 aromatic carbocycles. The molecule has 2 aromatic rings. The van der Waals surface area contributed by atoms with E-state index in [4.69, 9.17) is 0 Å². The molecule has 0 spiro atoms. The Kier molecular flexibility index (Phi) is 6.39. The quantitative estimate of drug-likeness (QED) is 0.804. The SMILES string of the molecule is O=C(CCNC(=O)c1ccccc1)NC1CCN(Cc2ccccc2)C1. The van der Waals surface area contributed by atoms with Gasteiger partial charge in [-0.2, -0.15) is 0 Å². The lowest BCUT2D eigenvalue weighted by Gasteiger charge is -2.17. The summed E-state index contributed by atoms with van der Waals surface area (Å²) in [5.41, 5.74) is 1.91. The van der Waals surface area contributed by atoms with Gasteiger partial charge in [0.05, 0.1) is 0 Å². The maximum Gasteiger partial charge on any atom is 0.251 e. The second kappa shape index (κ2) is 9.15. The van der Waals surface area contributed by atoms with Crippen LogP contribution in [-0.2, 0) is 11.3 Å². The number of carbonyl (C=O) groups is 2. The first-order chi connectivity index (χ1) is 12.7. The van der Waals surface area contributed by atoms with Gasteiger partial charge in [0.25, 0.3) is 5.91 Å². The molecule has 2 amide bonds. The Bertz CT molecular complexity index is 719. The van der Waals surface area contributed by atoms with E-state index in [9.17, 15) is 9.59 Å². The number of hydrogen-bond donors (Lipinski definition) is 2. The molecule has 0 saturated carbocycles. The molecule has 26 heavy (non-hydrogen) atoms. The summed E-state index contributed by atoms with van der Waals surface area (Å²) in [6.07, 6.45) is 1.27. The second-order valence-corrected chi connectivity index (χ2v) is 6.65. The van der Waals surface area contributed by atoms with Crippen LogP contribution in [0.25, 0.3) is 0 Å². The van der Waals surface area contributed by atoms with Crippen molar-refractivity contribution in [2.24, 2.45) is 0 Å². The Morgan fingerprint density at radius 3 is 2.42 bits per heavy atom. The van der Waals surface area contributed by atoms with E-state index >= 15 is 0 Å². The van der Waals surface area contributed by atoms with Crippen molar-refractivity contribution in [2.45, 2.75) is 25.4 Å². The fourth-order valence-electron chi connectivity index (χ4n) is 3.22. The maximum absolute atomic E-state index is 12.1. The molecule has 5 heteroatoms. The maximum atomic E-state index is 12.1. The molecule has 3 rings (SSSR count). The standard InChI is InChI=1S/C21H25N3O2/c25-20(11-13-22-21(26)18-9-5-2-6-10-18)23-19-12-14-24(16-19)15-17-7-3-1-4-8-17/h1-10,19H,11-16H2,(H,22,26)(H,23,25). The lowest BCUT2D eigenvalue weighted by Crippen LogP contribution is -2.38. The van der Waals surface area contributed by atoms with Crippen molar-refractivity contribution in [3.05, 3.63) is 71.8 Å². The van der Waals surface area contributed by atoms with Crippen LogP contribution in [0.5, 0.6) is 0 Å². The highest BCUT2D eigenvalue weighted by molar-refractivity contribution is 5.94. The number of likely N-dealkylation sites (tertiary alicyclic amines) is 1. The first kappa shape index (κ1) is 18.1. The van der Waals surface area contributed by atoms with Crippen LogP contribution in [0.4, 0.5) is 0 Å². The number of benzene rings is 2. The summed E-state index contributed by atoms with van der Waals surface area (Å²) in [4.78, 5) is 26.4. The van der Waals surface area contributed by atoms with Gasteiger partial charge in [0.2, 0.25) is 5.91 Å². The first-order valence-corrected chi connectivity index (χ1v) is 9.09. The molecule has 2 N–H and O–H groups in total. The van der Waals surface area contributed by atoms with Crippen molar-refractivity contribution >= 4 is 11.8 Å². The van der Waals surface area contributed by atoms with E-state index in [1.54, 1.807) is 12.1 Å². The van der Waals surface area contributed by atoms with E-state index < -0.39 is 0 Å². The average Bonchev–Trinajstić information content (AvgIpc) is 3.10. The molecular weight excluding hydrogens is 326 g/mol. The average molecular weight is 351 g/mol. The van der Waals surface area contributed by atoms with E-state index in [0.717, 1.165) is 26.1 Å². The minimum absolute atomic E-state index is 0.00933. The summed E-state index contributed by atoms with van der Waals surface area (Å²) >= 11 is 0. The lowest BCUT2D eigenvalue weighted by molar-refractivity contribution is -0.121. The Hall–Kier alpha value is -2.66. The topological polar surface area (TPSA) is 61.4 Å². The summed E-state index contributed by atoms with van der Waals surface area (Å²) < 4.78 is 0. The Morgan fingerprint density at radius 2 is 1.69 bits per heavy atom. The lowest BCUT2D eigenvalue weighted by atomic mass is 10.2. The van der Waals surface area contributed by atoms with Gasteiger partial charge in [0, 0.05) is 44.2 Å². The molecule has 0 bridgehead atoms. The van der Waals surface area contributed by atoms with Crippen LogP contribution in [0.2, 0.25) is 0 Å². The van der Waals surface area contributed by atoms with Gasteiger partial charge in [-0.1, -0.05) is 48.5 Å². The van der Waals surface area contributed by atoms with Gasteiger partial charge in [0.15, 0.2) is 0 Å². The fraction of sp³-hybridized carbons (Fsp3) is 0.333. The van der Waals surface area contributed by atoms with Gasteiger partial charge in [-0.25, -0.2) is 0 Å². The monoisotopic (exact) mass is 351 g/mol. The molecule has 1 unspecified atom stereocenters. The zero-order chi connectivity index (χ0) is 18.2. The predicted molar refractivity (Wildman–Crippen MR) is 102 cm³/mol. The molecule has 1 aliphatic heterocycles. The van der Waals surface area contributed by atoms with Crippen LogP contribution in [0.15, 0.2) is 60.7 Å². The summed E-state index contributed by atoms with van der Waals surface area (Å²) in [6.45, 7) is 3.13. The second-order valence-electron chi connectivity index (χ2n) is 6.65. The third kappa shape index (κ3) is 5.43. The molecule has 5 nitrogen and oxygen atoms in total. The summed E-state index contributed by atoms with van der Waals surface area (Å²) in [5, 5.41) is 5.86. The van der Waals surface area contributed by atoms with Crippen molar-refractivity contribution in [1.29, 1.82) is 0 Å². The molecule has 0 radical (unpaired) electrons. The third-order valence-corrected chi connectivity index (χ3v) is 4.56. The molecule has 136 valence electrons. The summed E-state index contributed by atoms with van der Waals surface area (Å²) in [7, 11) is 0. The van der Waals surface area contributed by atoms with E-state index in [-0.39, 0.29) is 17.9 Å². The molecule has 1 heterocycles. The Morgan fingerprint density at radius 1 is 1.00 bits per heavy atom. The smallest absolute Gasteiger partial charge is 0.251 e. The van der Waals surface area contributed by atoms with Gasteiger partial charge in [0.1, 0.15) is 0 Å². The van der Waals surface area contributed by atoms with Gasteiger partial charge in [-0.05, 0) is 24.1 Å². The number of hydrogen-bond acceptors (Lipinski definition) is 3. The van der Waals surface area contributed by atoms with Crippen molar-refractivity contribution < 1.29 is 9.59 Å². The van der Waals surface area contributed by atoms with Crippen LogP contribution in [0, 0.1) is 0 Å². The first-order valence-electron chi connectivity index (χ1n) is 9.09. The minimum Gasteiger partial charge on any atom is -0.352 e. The van der Waals surface area contributed by atoms with Crippen LogP contribution < -0.4 is 10.6 Å². The summed E-state index contributed by atoms with van der Waals surface area (Å²) in [5.74, 6) is -0.154. The minimum atomic E-state index is -0.145. The number of nitrogens with zero attached hydrogens (tertiary/aromatic N) is 1. The molecule has 0 aromatic heterocycles. The number of nitrogens with one attached hydrogen (secondary N) is 2. The van der Waals surface area contributed by atoms with Crippen LogP contribution in [-0.4, -0.2) is 42.4 Å². The summed E-state index contributed by atoms with van der Waals surface area (Å²) in [6, 6.07) is 19.6.